The van der Waals surface area contributed by atoms with Crippen molar-refractivity contribution >= 4 is 23.4 Å². The van der Waals surface area contributed by atoms with Crippen LogP contribution in [0.4, 0.5) is 5.69 Å². The highest BCUT2D eigenvalue weighted by Gasteiger charge is 2.15. The van der Waals surface area contributed by atoms with Crippen LogP contribution in [0.2, 0.25) is 0 Å². The lowest BCUT2D eigenvalue weighted by Gasteiger charge is -2.11. The number of nitrogens with zero attached hydrogens (tertiary/aromatic N) is 3. The number of carbonyl (C=O) groups excluding carboxylic acids is 1. The van der Waals surface area contributed by atoms with E-state index in [1.807, 2.05) is 34.9 Å². The largest absolute Gasteiger partial charge is 0.325 e. The number of aromatic nitrogens is 3. The molecule has 6 heteroatoms. The van der Waals surface area contributed by atoms with Crippen LogP contribution in [0, 0.1) is 0 Å². The standard InChI is InChI=1S/C18H24N4OS/c1-5-11-22-17(13(3)4)20-21-18(22)24-12-16(23)19-15-10-8-7-9-14(15)6-2/h5,7-10,13H,1,6,11-12H2,2-4H3,(H,19,23). The van der Waals surface area contributed by atoms with Crippen LogP contribution in [-0.4, -0.2) is 26.4 Å². The molecule has 0 fully saturated rings. The molecule has 0 aliphatic rings. The predicted octanol–water partition coefficient (Wildman–Crippen LogP) is 3.88. The molecule has 0 saturated carbocycles. The molecule has 1 heterocycles. The van der Waals surface area contributed by atoms with Crippen molar-refractivity contribution in [3.8, 4) is 0 Å². The number of carbonyl (C=O) groups is 1. The van der Waals surface area contributed by atoms with Gasteiger partial charge in [0.15, 0.2) is 5.16 Å². The minimum atomic E-state index is -0.0415. The smallest absolute Gasteiger partial charge is 0.234 e. The summed E-state index contributed by atoms with van der Waals surface area (Å²) in [6.45, 7) is 10.7. The molecule has 0 unspecified atom stereocenters. The van der Waals surface area contributed by atoms with Gasteiger partial charge in [0.05, 0.1) is 5.75 Å². The molecule has 2 aromatic rings. The zero-order chi connectivity index (χ0) is 17.5. The second-order valence-electron chi connectivity index (χ2n) is 5.74. The summed E-state index contributed by atoms with van der Waals surface area (Å²) >= 11 is 1.40. The molecular weight excluding hydrogens is 320 g/mol. The number of aryl methyl sites for hydroxylation is 1. The molecule has 1 aromatic heterocycles. The zero-order valence-electron chi connectivity index (χ0n) is 14.5. The van der Waals surface area contributed by atoms with Gasteiger partial charge < -0.3 is 9.88 Å². The molecule has 128 valence electrons. The highest BCUT2D eigenvalue weighted by Crippen LogP contribution is 2.22. The number of hydrogen-bond acceptors (Lipinski definition) is 4. The fourth-order valence-electron chi connectivity index (χ4n) is 2.40. The van der Waals surface area contributed by atoms with Gasteiger partial charge >= 0.3 is 0 Å². The number of benzene rings is 1. The molecule has 2 rings (SSSR count). The zero-order valence-corrected chi connectivity index (χ0v) is 15.3. The average molecular weight is 344 g/mol. The first kappa shape index (κ1) is 18.3. The number of nitrogens with one attached hydrogen (secondary N) is 1. The first-order valence-corrected chi connectivity index (χ1v) is 9.09. The van der Waals surface area contributed by atoms with E-state index < -0.39 is 0 Å². The third-order valence-electron chi connectivity index (χ3n) is 3.58. The molecule has 0 aliphatic carbocycles. The van der Waals surface area contributed by atoms with Gasteiger partial charge in [-0.15, -0.1) is 16.8 Å². The summed E-state index contributed by atoms with van der Waals surface area (Å²) in [6.07, 6.45) is 2.70. The Bertz CT molecular complexity index is 709. The van der Waals surface area contributed by atoms with Crippen LogP contribution in [0.3, 0.4) is 0 Å². The van der Waals surface area contributed by atoms with Crippen molar-refractivity contribution in [2.45, 2.75) is 44.8 Å². The van der Waals surface area contributed by atoms with Crippen molar-refractivity contribution in [3.63, 3.8) is 0 Å². The van der Waals surface area contributed by atoms with Crippen LogP contribution < -0.4 is 5.32 Å². The Hall–Kier alpha value is -2.08. The van der Waals surface area contributed by atoms with E-state index in [9.17, 15) is 4.79 Å². The normalized spacial score (nSPS) is 10.8. The van der Waals surface area contributed by atoms with Crippen LogP contribution in [0.25, 0.3) is 0 Å². The number of amides is 1. The summed E-state index contributed by atoms with van der Waals surface area (Å²) in [6, 6.07) is 7.86. The van der Waals surface area contributed by atoms with E-state index in [1.165, 1.54) is 11.8 Å². The van der Waals surface area contributed by atoms with Gasteiger partial charge in [-0.3, -0.25) is 4.79 Å². The van der Waals surface area contributed by atoms with Crippen LogP contribution in [-0.2, 0) is 17.8 Å². The number of hydrogen-bond donors (Lipinski definition) is 1. The maximum absolute atomic E-state index is 12.3. The van der Waals surface area contributed by atoms with Gasteiger partial charge in [0.25, 0.3) is 0 Å². The molecule has 0 aliphatic heterocycles. The monoisotopic (exact) mass is 344 g/mol. The van der Waals surface area contributed by atoms with Crippen LogP contribution in [0.5, 0.6) is 0 Å². The third kappa shape index (κ3) is 4.47. The lowest BCUT2D eigenvalue weighted by molar-refractivity contribution is -0.113. The Labute approximate surface area is 147 Å². The van der Waals surface area contributed by atoms with E-state index in [4.69, 9.17) is 0 Å². The molecule has 0 atom stereocenters. The van der Waals surface area contributed by atoms with Gasteiger partial charge in [0.2, 0.25) is 5.91 Å². The molecule has 0 bridgehead atoms. The van der Waals surface area contributed by atoms with E-state index >= 15 is 0 Å². The summed E-state index contributed by atoms with van der Waals surface area (Å²) in [4.78, 5) is 12.3. The average Bonchev–Trinajstić information content (AvgIpc) is 2.97. The van der Waals surface area contributed by atoms with Gasteiger partial charge in [0.1, 0.15) is 5.82 Å². The maximum Gasteiger partial charge on any atom is 0.234 e. The van der Waals surface area contributed by atoms with Crippen molar-refractivity contribution in [1.29, 1.82) is 0 Å². The van der Waals surface area contributed by atoms with Gasteiger partial charge in [-0.2, -0.15) is 0 Å². The Morgan fingerprint density at radius 1 is 1.38 bits per heavy atom. The summed E-state index contributed by atoms with van der Waals surface area (Å²) in [5.41, 5.74) is 2.01. The molecule has 24 heavy (non-hydrogen) atoms. The lowest BCUT2D eigenvalue weighted by atomic mass is 10.1. The number of allylic oxidation sites excluding steroid dienone is 1. The second-order valence-corrected chi connectivity index (χ2v) is 6.68. The SMILES string of the molecule is C=CCn1c(SCC(=O)Nc2ccccc2CC)nnc1C(C)C. The Kier molecular flexibility index (Phi) is 6.61. The van der Waals surface area contributed by atoms with Crippen molar-refractivity contribution in [3.05, 3.63) is 48.3 Å². The molecule has 5 nitrogen and oxygen atoms in total. The number of anilines is 1. The Balaban J connectivity index is 2.03. The van der Waals surface area contributed by atoms with E-state index in [-0.39, 0.29) is 11.8 Å². The topological polar surface area (TPSA) is 59.8 Å². The highest BCUT2D eigenvalue weighted by atomic mass is 32.2. The fraction of sp³-hybridized carbons (Fsp3) is 0.389. The second kappa shape index (κ2) is 8.68. The Morgan fingerprint density at radius 3 is 2.79 bits per heavy atom. The summed E-state index contributed by atoms with van der Waals surface area (Å²) in [7, 11) is 0. The first-order valence-electron chi connectivity index (χ1n) is 8.11. The van der Waals surface area contributed by atoms with Crippen molar-refractivity contribution in [1.82, 2.24) is 14.8 Å². The number of thioether (sulfide) groups is 1. The fourth-order valence-corrected chi connectivity index (χ4v) is 3.16. The van der Waals surface area contributed by atoms with Crippen molar-refractivity contribution in [2.75, 3.05) is 11.1 Å². The number of para-hydroxylation sites is 1. The van der Waals surface area contributed by atoms with Crippen LogP contribution in [0.15, 0.2) is 42.1 Å². The van der Waals surface area contributed by atoms with Gasteiger partial charge in [-0.25, -0.2) is 0 Å². The third-order valence-corrected chi connectivity index (χ3v) is 4.55. The van der Waals surface area contributed by atoms with Gasteiger partial charge in [-0.1, -0.05) is 56.8 Å². The first-order chi connectivity index (χ1) is 11.6. The summed E-state index contributed by atoms with van der Waals surface area (Å²) < 4.78 is 2.01. The molecule has 1 amide bonds. The summed E-state index contributed by atoms with van der Waals surface area (Å²) in [5, 5.41) is 12.2. The highest BCUT2D eigenvalue weighted by molar-refractivity contribution is 7.99. The van der Waals surface area contributed by atoms with E-state index in [0.29, 0.717) is 12.3 Å². The molecule has 0 spiro atoms. The summed E-state index contributed by atoms with van der Waals surface area (Å²) in [5.74, 6) is 1.44. The van der Waals surface area contributed by atoms with Crippen molar-refractivity contribution < 1.29 is 4.79 Å². The van der Waals surface area contributed by atoms with Crippen molar-refractivity contribution in [2.24, 2.45) is 0 Å². The molecular formula is C18H24N4OS. The molecule has 1 aromatic carbocycles. The maximum atomic E-state index is 12.3. The number of rotatable bonds is 8. The lowest BCUT2D eigenvalue weighted by Crippen LogP contribution is -2.16. The molecule has 1 N–H and O–H groups in total. The molecule has 0 radical (unpaired) electrons. The van der Waals surface area contributed by atoms with Gasteiger partial charge in [0, 0.05) is 18.2 Å². The quantitative estimate of drug-likeness (QED) is 0.583. The van der Waals surface area contributed by atoms with E-state index in [0.717, 1.165) is 28.7 Å². The molecule has 0 saturated heterocycles. The van der Waals surface area contributed by atoms with Crippen LogP contribution >= 0.6 is 11.8 Å². The minimum absolute atomic E-state index is 0.0415. The van der Waals surface area contributed by atoms with Crippen LogP contribution in [0.1, 0.15) is 38.1 Å². The van der Waals surface area contributed by atoms with E-state index in [2.05, 4.69) is 42.9 Å². The van der Waals surface area contributed by atoms with Gasteiger partial charge in [-0.05, 0) is 18.1 Å². The minimum Gasteiger partial charge on any atom is -0.325 e. The Morgan fingerprint density at radius 2 is 2.12 bits per heavy atom. The predicted molar refractivity (Wildman–Crippen MR) is 99.5 cm³/mol. The van der Waals surface area contributed by atoms with E-state index in [1.54, 1.807) is 0 Å².